The molecule has 2 N–H and O–H groups in total. The number of rotatable bonds is 3. The molecule has 0 spiro atoms. The van der Waals surface area contributed by atoms with Crippen LogP contribution in [0.2, 0.25) is 0 Å². The molecule has 0 saturated carbocycles. The number of nitrogens with zero attached hydrogens (tertiary/aromatic N) is 1. The summed E-state index contributed by atoms with van der Waals surface area (Å²) in [5, 5.41) is 0. The molecule has 0 bridgehead atoms. The Morgan fingerprint density at radius 1 is 1.30 bits per heavy atom. The van der Waals surface area contributed by atoms with E-state index in [2.05, 4.69) is 0 Å². The summed E-state index contributed by atoms with van der Waals surface area (Å²) in [5.41, 5.74) is 7.11. The number of benzene rings is 1. The number of carbonyl (C=O) groups excluding carboxylic acids is 1. The average Bonchev–Trinajstić information content (AvgIpc) is 2.45. The molecule has 1 aromatic carbocycles. The van der Waals surface area contributed by atoms with Gasteiger partial charge in [0.25, 0.3) is 0 Å². The van der Waals surface area contributed by atoms with E-state index in [-0.39, 0.29) is 6.09 Å². The normalized spacial score (nSPS) is 16.3. The van der Waals surface area contributed by atoms with Crippen molar-refractivity contribution in [1.82, 2.24) is 4.90 Å². The topological polar surface area (TPSA) is 64.8 Å². The Hall–Kier alpha value is -1.91. The third-order valence-corrected chi connectivity index (χ3v) is 3.94. The Bertz CT molecular complexity index is 544. The van der Waals surface area contributed by atoms with E-state index in [1.165, 1.54) is 0 Å². The van der Waals surface area contributed by atoms with Crippen LogP contribution in [-0.2, 0) is 4.74 Å². The standard InChI is InChI=1S/C18H28N2O3/c1-13-11-15(19)5-6-16(13)22-12-14-7-9-20(10-8-14)17(21)23-18(2,3)4/h5-6,11,14H,7-10,12,19H2,1-4H3. The maximum Gasteiger partial charge on any atom is 0.410 e. The average molecular weight is 320 g/mol. The molecule has 1 amide bonds. The van der Waals surface area contributed by atoms with Crippen LogP contribution in [0, 0.1) is 12.8 Å². The number of nitrogen functional groups attached to an aromatic ring is 1. The van der Waals surface area contributed by atoms with Crippen LogP contribution < -0.4 is 10.5 Å². The highest BCUT2D eigenvalue weighted by atomic mass is 16.6. The van der Waals surface area contributed by atoms with Gasteiger partial charge in [-0.15, -0.1) is 0 Å². The summed E-state index contributed by atoms with van der Waals surface area (Å²) in [5.74, 6) is 1.35. The van der Waals surface area contributed by atoms with Crippen molar-refractivity contribution in [3.63, 3.8) is 0 Å². The number of amides is 1. The van der Waals surface area contributed by atoms with Crippen molar-refractivity contribution in [1.29, 1.82) is 0 Å². The van der Waals surface area contributed by atoms with Crippen molar-refractivity contribution >= 4 is 11.8 Å². The maximum absolute atomic E-state index is 12.0. The Kier molecular flexibility index (Phi) is 5.39. The summed E-state index contributed by atoms with van der Waals surface area (Å²) in [7, 11) is 0. The van der Waals surface area contributed by atoms with Gasteiger partial charge in [-0.25, -0.2) is 4.79 Å². The van der Waals surface area contributed by atoms with Crippen molar-refractivity contribution < 1.29 is 14.3 Å². The van der Waals surface area contributed by atoms with Gasteiger partial charge in [0.1, 0.15) is 11.4 Å². The zero-order valence-corrected chi connectivity index (χ0v) is 14.6. The first-order chi connectivity index (χ1) is 10.7. The number of hydrogen-bond donors (Lipinski definition) is 1. The molecule has 1 aromatic rings. The largest absolute Gasteiger partial charge is 0.493 e. The molecule has 2 rings (SSSR count). The molecular weight excluding hydrogens is 292 g/mol. The van der Waals surface area contributed by atoms with E-state index in [4.69, 9.17) is 15.2 Å². The van der Waals surface area contributed by atoms with Gasteiger partial charge in [-0.05, 0) is 70.2 Å². The number of anilines is 1. The van der Waals surface area contributed by atoms with Crippen LogP contribution >= 0.6 is 0 Å². The quantitative estimate of drug-likeness (QED) is 0.864. The Balaban J connectivity index is 1.77. The zero-order valence-electron chi connectivity index (χ0n) is 14.6. The smallest absolute Gasteiger partial charge is 0.410 e. The summed E-state index contributed by atoms with van der Waals surface area (Å²) in [6.45, 7) is 9.79. The predicted octanol–water partition coefficient (Wildman–Crippen LogP) is 3.60. The van der Waals surface area contributed by atoms with E-state index in [1.807, 2.05) is 45.9 Å². The lowest BCUT2D eigenvalue weighted by molar-refractivity contribution is 0.0165. The number of nitrogens with two attached hydrogens (primary N) is 1. The minimum absolute atomic E-state index is 0.216. The van der Waals surface area contributed by atoms with Crippen LogP contribution in [0.5, 0.6) is 5.75 Å². The fraction of sp³-hybridized carbons (Fsp3) is 0.611. The van der Waals surface area contributed by atoms with Crippen molar-refractivity contribution in [2.24, 2.45) is 5.92 Å². The molecule has 0 aromatic heterocycles. The first-order valence-electron chi connectivity index (χ1n) is 8.21. The maximum atomic E-state index is 12.0. The fourth-order valence-corrected chi connectivity index (χ4v) is 2.65. The molecule has 0 atom stereocenters. The molecule has 23 heavy (non-hydrogen) atoms. The van der Waals surface area contributed by atoms with Gasteiger partial charge < -0.3 is 20.1 Å². The van der Waals surface area contributed by atoms with Crippen LogP contribution in [0.4, 0.5) is 10.5 Å². The molecule has 0 unspecified atom stereocenters. The summed E-state index contributed by atoms with van der Waals surface area (Å²) >= 11 is 0. The number of aryl methyl sites for hydroxylation is 1. The molecule has 5 nitrogen and oxygen atoms in total. The molecule has 1 heterocycles. The monoisotopic (exact) mass is 320 g/mol. The van der Waals surface area contributed by atoms with E-state index < -0.39 is 5.60 Å². The van der Waals surface area contributed by atoms with Crippen LogP contribution in [0.15, 0.2) is 18.2 Å². The SMILES string of the molecule is Cc1cc(N)ccc1OCC1CCN(C(=O)OC(C)(C)C)CC1. The summed E-state index contributed by atoms with van der Waals surface area (Å²) in [4.78, 5) is 13.8. The molecule has 0 radical (unpaired) electrons. The Morgan fingerprint density at radius 2 is 1.96 bits per heavy atom. The second-order valence-electron chi connectivity index (χ2n) is 7.25. The van der Waals surface area contributed by atoms with Gasteiger partial charge in [0.05, 0.1) is 6.61 Å². The summed E-state index contributed by atoms with van der Waals surface area (Å²) in [6, 6.07) is 5.69. The molecule has 1 aliphatic rings. The lowest BCUT2D eigenvalue weighted by Crippen LogP contribution is -2.42. The van der Waals surface area contributed by atoms with E-state index in [0.717, 1.165) is 42.9 Å². The number of ether oxygens (including phenoxy) is 2. The van der Waals surface area contributed by atoms with Crippen LogP contribution in [0.25, 0.3) is 0 Å². The highest BCUT2D eigenvalue weighted by molar-refractivity contribution is 5.68. The van der Waals surface area contributed by atoms with Gasteiger partial charge in [0.15, 0.2) is 0 Å². The van der Waals surface area contributed by atoms with Gasteiger partial charge in [-0.3, -0.25) is 0 Å². The molecular formula is C18H28N2O3. The molecule has 128 valence electrons. The van der Waals surface area contributed by atoms with Crippen LogP contribution in [0.3, 0.4) is 0 Å². The second-order valence-corrected chi connectivity index (χ2v) is 7.25. The van der Waals surface area contributed by atoms with Gasteiger partial charge in [0, 0.05) is 18.8 Å². The van der Waals surface area contributed by atoms with Gasteiger partial charge in [0.2, 0.25) is 0 Å². The molecule has 1 fully saturated rings. The Labute approximate surface area is 138 Å². The number of piperidine rings is 1. The highest BCUT2D eigenvalue weighted by Crippen LogP contribution is 2.24. The minimum atomic E-state index is -0.441. The van der Waals surface area contributed by atoms with Crippen LogP contribution in [0.1, 0.15) is 39.2 Å². The number of likely N-dealkylation sites (tertiary alicyclic amines) is 1. The third kappa shape index (κ3) is 5.34. The van der Waals surface area contributed by atoms with E-state index in [9.17, 15) is 4.79 Å². The molecule has 0 aliphatic carbocycles. The number of carbonyl (C=O) groups is 1. The Morgan fingerprint density at radius 3 is 2.52 bits per heavy atom. The lowest BCUT2D eigenvalue weighted by atomic mass is 9.98. The van der Waals surface area contributed by atoms with Crippen molar-refractivity contribution in [2.45, 2.75) is 46.1 Å². The second kappa shape index (κ2) is 7.11. The fourth-order valence-electron chi connectivity index (χ4n) is 2.65. The molecule has 1 saturated heterocycles. The minimum Gasteiger partial charge on any atom is -0.493 e. The predicted molar refractivity (Wildman–Crippen MR) is 91.6 cm³/mol. The van der Waals surface area contributed by atoms with Gasteiger partial charge in [-0.2, -0.15) is 0 Å². The van der Waals surface area contributed by atoms with Crippen molar-refractivity contribution in [3.05, 3.63) is 23.8 Å². The first-order valence-corrected chi connectivity index (χ1v) is 8.21. The number of hydrogen-bond acceptors (Lipinski definition) is 4. The lowest BCUT2D eigenvalue weighted by Gasteiger charge is -2.33. The molecule has 1 aliphatic heterocycles. The highest BCUT2D eigenvalue weighted by Gasteiger charge is 2.27. The van der Waals surface area contributed by atoms with Crippen LogP contribution in [-0.4, -0.2) is 36.3 Å². The third-order valence-electron chi connectivity index (χ3n) is 3.94. The molecule has 5 heteroatoms. The van der Waals surface area contributed by atoms with E-state index in [0.29, 0.717) is 12.5 Å². The van der Waals surface area contributed by atoms with E-state index >= 15 is 0 Å². The van der Waals surface area contributed by atoms with Crippen molar-refractivity contribution in [2.75, 3.05) is 25.4 Å². The van der Waals surface area contributed by atoms with Gasteiger partial charge >= 0.3 is 6.09 Å². The first kappa shape index (κ1) is 17.4. The summed E-state index contributed by atoms with van der Waals surface area (Å²) < 4.78 is 11.3. The van der Waals surface area contributed by atoms with E-state index in [1.54, 1.807) is 4.90 Å². The van der Waals surface area contributed by atoms with Gasteiger partial charge in [-0.1, -0.05) is 0 Å². The zero-order chi connectivity index (χ0) is 17.0. The van der Waals surface area contributed by atoms with Crippen molar-refractivity contribution in [3.8, 4) is 5.75 Å². The summed E-state index contributed by atoms with van der Waals surface area (Å²) in [6.07, 6.45) is 1.66.